The molecule has 0 radical (unpaired) electrons. The number of hydrogen-bond donors (Lipinski definition) is 3. The summed E-state index contributed by atoms with van der Waals surface area (Å²) in [5, 5.41) is 12.5. The number of aryl methyl sites for hydroxylation is 2. The van der Waals surface area contributed by atoms with E-state index in [2.05, 4.69) is 10.0 Å². The van der Waals surface area contributed by atoms with Crippen LogP contribution in [0.5, 0.6) is 0 Å². The highest BCUT2D eigenvalue weighted by molar-refractivity contribution is 7.91. The van der Waals surface area contributed by atoms with Crippen molar-refractivity contribution < 1.29 is 21.9 Å². The number of sulfonamides is 1. The third-order valence-corrected chi connectivity index (χ3v) is 7.10. The molecule has 0 spiro atoms. The first-order valence-electron chi connectivity index (χ1n) is 7.29. The molecule has 0 unspecified atom stereocenters. The van der Waals surface area contributed by atoms with E-state index in [1.807, 2.05) is 6.92 Å². The van der Waals surface area contributed by atoms with Crippen molar-refractivity contribution in [2.75, 3.05) is 24.6 Å². The summed E-state index contributed by atoms with van der Waals surface area (Å²) in [7, 11) is -6.82. The maximum atomic E-state index is 12.2. The summed E-state index contributed by atoms with van der Waals surface area (Å²) in [6.07, 6.45) is -0.948. The van der Waals surface area contributed by atoms with Gasteiger partial charge in [-0.25, -0.2) is 21.6 Å². The summed E-state index contributed by atoms with van der Waals surface area (Å²) in [4.78, 5) is 0.228. The number of aliphatic hydroxyl groups excluding tert-OH is 1. The van der Waals surface area contributed by atoms with E-state index >= 15 is 0 Å². The number of aliphatic hydroxyl groups is 1. The molecule has 2 atom stereocenters. The van der Waals surface area contributed by atoms with E-state index in [1.165, 1.54) is 0 Å². The smallest absolute Gasteiger partial charge is 0.240 e. The van der Waals surface area contributed by atoms with Crippen LogP contribution in [-0.4, -0.2) is 58.7 Å². The molecule has 1 aliphatic rings. The predicted molar refractivity (Wildman–Crippen MR) is 87.6 cm³/mol. The lowest BCUT2D eigenvalue weighted by molar-refractivity contribution is 0.166. The maximum absolute atomic E-state index is 12.2. The first-order chi connectivity index (χ1) is 10.6. The molecule has 1 aromatic carbocycles. The van der Waals surface area contributed by atoms with Gasteiger partial charge >= 0.3 is 0 Å². The predicted octanol–water partition coefficient (Wildman–Crippen LogP) is -0.671. The standard InChI is InChI=1S/C14H22N2O5S2/c1-10-3-4-14(11(2)7-10)23(20,21)16-6-5-15-12-8-22(18,19)9-13(12)17/h3-4,7,12-13,15-17H,5-6,8-9H2,1-2H3/t12-,13+/m1/s1. The van der Waals surface area contributed by atoms with Crippen LogP contribution >= 0.6 is 0 Å². The van der Waals surface area contributed by atoms with Crippen LogP contribution < -0.4 is 10.0 Å². The maximum Gasteiger partial charge on any atom is 0.240 e. The van der Waals surface area contributed by atoms with E-state index in [4.69, 9.17) is 0 Å². The number of nitrogens with one attached hydrogen (secondary N) is 2. The van der Waals surface area contributed by atoms with Crippen molar-refractivity contribution in [3.8, 4) is 0 Å². The zero-order chi connectivity index (χ0) is 17.3. The normalized spacial score (nSPS) is 24.0. The minimum atomic E-state index is -3.61. The summed E-state index contributed by atoms with van der Waals surface area (Å²) in [5.74, 6) is -0.378. The summed E-state index contributed by atoms with van der Waals surface area (Å²) in [6.45, 7) is 3.97. The van der Waals surface area contributed by atoms with Crippen molar-refractivity contribution in [1.29, 1.82) is 0 Å². The van der Waals surface area contributed by atoms with Gasteiger partial charge in [0.05, 0.1) is 22.5 Å². The van der Waals surface area contributed by atoms with Gasteiger partial charge in [-0.1, -0.05) is 17.7 Å². The number of rotatable bonds is 6. The average Bonchev–Trinajstić information content (AvgIpc) is 2.67. The molecule has 1 heterocycles. The van der Waals surface area contributed by atoms with Crippen LogP contribution in [0.4, 0.5) is 0 Å². The quantitative estimate of drug-likeness (QED) is 0.579. The monoisotopic (exact) mass is 362 g/mol. The third kappa shape index (κ3) is 4.74. The van der Waals surface area contributed by atoms with Gasteiger partial charge in [0.15, 0.2) is 9.84 Å². The van der Waals surface area contributed by atoms with E-state index in [-0.39, 0.29) is 29.5 Å². The number of benzene rings is 1. The first-order valence-corrected chi connectivity index (χ1v) is 10.6. The van der Waals surface area contributed by atoms with Gasteiger partial charge in [0.1, 0.15) is 0 Å². The van der Waals surface area contributed by atoms with Crippen LogP contribution in [0.3, 0.4) is 0 Å². The van der Waals surface area contributed by atoms with Gasteiger partial charge in [0.2, 0.25) is 10.0 Å². The van der Waals surface area contributed by atoms with Crippen molar-refractivity contribution in [3.05, 3.63) is 29.3 Å². The molecule has 1 saturated heterocycles. The molecule has 0 aromatic heterocycles. The van der Waals surface area contributed by atoms with Gasteiger partial charge in [-0.2, -0.15) is 0 Å². The Morgan fingerprint density at radius 1 is 1.22 bits per heavy atom. The Hall–Kier alpha value is -1.00. The highest BCUT2D eigenvalue weighted by Crippen LogP contribution is 2.16. The van der Waals surface area contributed by atoms with Gasteiger partial charge in [-0.15, -0.1) is 0 Å². The molecule has 2 rings (SSSR count). The van der Waals surface area contributed by atoms with E-state index in [0.717, 1.165) is 5.56 Å². The molecular formula is C14H22N2O5S2. The van der Waals surface area contributed by atoms with Crippen molar-refractivity contribution in [2.24, 2.45) is 0 Å². The van der Waals surface area contributed by atoms with Crippen LogP contribution in [0.15, 0.2) is 23.1 Å². The van der Waals surface area contributed by atoms with Crippen LogP contribution in [-0.2, 0) is 19.9 Å². The molecule has 1 fully saturated rings. The van der Waals surface area contributed by atoms with Crippen molar-refractivity contribution >= 4 is 19.9 Å². The van der Waals surface area contributed by atoms with Gasteiger partial charge in [0.25, 0.3) is 0 Å². The zero-order valence-electron chi connectivity index (χ0n) is 13.1. The van der Waals surface area contributed by atoms with Gasteiger partial charge < -0.3 is 10.4 Å². The van der Waals surface area contributed by atoms with E-state index < -0.39 is 32.0 Å². The topological polar surface area (TPSA) is 113 Å². The molecule has 0 saturated carbocycles. The lowest BCUT2D eigenvalue weighted by Gasteiger charge is -2.15. The summed E-state index contributed by atoms with van der Waals surface area (Å²) < 4.78 is 49.7. The molecule has 0 bridgehead atoms. The fraction of sp³-hybridized carbons (Fsp3) is 0.571. The second kappa shape index (κ2) is 6.86. The van der Waals surface area contributed by atoms with Crippen LogP contribution in [0.2, 0.25) is 0 Å². The Bertz CT molecular complexity index is 774. The molecule has 130 valence electrons. The Morgan fingerprint density at radius 3 is 2.48 bits per heavy atom. The zero-order valence-corrected chi connectivity index (χ0v) is 14.7. The molecule has 9 heteroatoms. The molecule has 0 amide bonds. The molecule has 1 aliphatic heterocycles. The molecule has 1 aromatic rings. The largest absolute Gasteiger partial charge is 0.390 e. The third-order valence-electron chi connectivity index (χ3n) is 3.77. The van der Waals surface area contributed by atoms with Crippen molar-refractivity contribution in [1.82, 2.24) is 10.0 Å². The number of sulfone groups is 1. The minimum Gasteiger partial charge on any atom is -0.390 e. The van der Waals surface area contributed by atoms with Crippen molar-refractivity contribution in [3.63, 3.8) is 0 Å². The van der Waals surface area contributed by atoms with Crippen LogP contribution in [0.1, 0.15) is 11.1 Å². The molecule has 3 N–H and O–H groups in total. The van der Waals surface area contributed by atoms with Gasteiger partial charge in [-0.05, 0) is 25.5 Å². The summed E-state index contributed by atoms with van der Waals surface area (Å²) in [5.41, 5.74) is 1.65. The second-order valence-electron chi connectivity index (χ2n) is 5.87. The second-order valence-corrected chi connectivity index (χ2v) is 9.76. The average molecular weight is 362 g/mol. The Kier molecular flexibility index (Phi) is 5.47. The van der Waals surface area contributed by atoms with E-state index in [9.17, 15) is 21.9 Å². The molecule has 23 heavy (non-hydrogen) atoms. The fourth-order valence-electron chi connectivity index (χ4n) is 2.65. The molecule has 0 aliphatic carbocycles. The van der Waals surface area contributed by atoms with Crippen LogP contribution in [0.25, 0.3) is 0 Å². The Morgan fingerprint density at radius 2 is 1.91 bits per heavy atom. The minimum absolute atomic E-state index is 0.110. The van der Waals surface area contributed by atoms with Crippen molar-refractivity contribution in [2.45, 2.75) is 30.9 Å². The Labute approximate surface area is 137 Å². The molecular weight excluding hydrogens is 340 g/mol. The lowest BCUT2D eigenvalue weighted by Crippen LogP contribution is -2.42. The van der Waals surface area contributed by atoms with Gasteiger partial charge in [-0.3, -0.25) is 0 Å². The lowest BCUT2D eigenvalue weighted by atomic mass is 10.2. The van der Waals surface area contributed by atoms with Crippen LogP contribution in [0, 0.1) is 13.8 Å². The SMILES string of the molecule is Cc1ccc(S(=O)(=O)NCCN[C@@H]2CS(=O)(=O)C[C@@H]2O)c(C)c1. The van der Waals surface area contributed by atoms with Gasteiger partial charge in [0, 0.05) is 19.1 Å². The summed E-state index contributed by atoms with van der Waals surface area (Å²) >= 11 is 0. The Balaban J connectivity index is 1.88. The number of hydrogen-bond acceptors (Lipinski definition) is 6. The van der Waals surface area contributed by atoms with E-state index in [0.29, 0.717) is 5.56 Å². The highest BCUT2D eigenvalue weighted by Gasteiger charge is 2.35. The first kappa shape index (κ1) is 18.3. The summed E-state index contributed by atoms with van der Waals surface area (Å²) in [6, 6.07) is 4.55. The highest BCUT2D eigenvalue weighted by atomic mass is 32.2. The molecule has 7 nitrogen and oxygen atoms in total. The fourth-order valence-corrected chi connectivity index (χ4v) is 5.68. The van der Waals surface area contributed by atoms with E-state index in [1.54, 1.807) is 25.1 Å².